The lowest BCUT2D eigenvalue weighted by Gasteiger charge is -2.15. The predicted octanol–water partition coefficient (Wildman–Crippen LogP) is 3.87. The van der Waals surface area contributed by atoms with Gasteiger partial charge in [-0.05, 0) is 24.6 Å². The van der Waals surface area contributed by atoms with Gasteiger partial charge < -0.3 is 10.3 Å². The van der Waals surface area contributed by atoms with Gasteiger partial charge in [0.1, 0.15) is 11.6 Å². The minimum atomic E-state index is -0.662. The van der Waals surface area contributed by atoms with E-state index in [0.717, 1.165) is 22.5 Å². The number of aromatic amines is 1. The van der Waals surface area contributed by atoms with Crippen molar-refractivity contribution in [2.75, 3.05) is 0 Å². The zero-order valence-electron chi connectivity index (χ0n) is 12.6. The summed E-state index contributed by atoms with van der Waals surface area (Å²) in [5, 5.41) is 3.73. The Hall–Kier alpha value is -2.69. The number of hydrogen-bond donors (Lipinski definition) is 2. The van der Waals surface area contributed by atoms with E-state index in [2.05, 4.69) is 10.3 Å². The standard InChI is InChI=1S/C18H16F2N2O/c1-11(14-7-6-13(19)9-16(14)20)22-18(23)8-12-10-21-17-5-3-2-4-15(12)17/h2-7,9-11,21H,8H2,1H3,(H,22,23). The van der Waals surface area contributed by atoms with Crippen molar-refractivity contribution in [1.82, 2.24) is 10.3 Å². The Kier molecular flexibility index (Phi) is 4.10. The molecule has 2 N–H and O–H groups in total. The van der Waals surface area contributed by atoms with E-state index in [1.165, 1.54) is 12.1 Å². The molecular formula is C18H16F2N2O. The van der Waals surface area contributed by atoms with Crippen molar-refractivity contribution in [2.45, 2.75) is 19.4 Å². The van der Waals surface area contributed by atoms with E-state index >= 15 is 0 Å². The number of para-hydroxylation sites is 1. The molecule has 3 rings (SSSR count). The fraction of sp³-hybridized carbons (Fsp3) is 0.167. The van der Waals surface area contributed by atoms with Gasteiger partial charge in [-0.25, -0.2) is 8.78 Å². The molecule has 1 amide bonds. The summed E-state index contributed by atoms with van der Waals surface area (Å²) in [5.41, 5.74) is 2.11. The van der Waals surface area contributed by atoms with Gasteiger partial charge in [0.2, 0.25) is 5.91 Å². The molecule has 23 heavy (non-hydrogen) atoms. The van der Waals surface area contributed by atoms with Crippen molar-refractivity contribution in [2.24, 2.45) is 0 Å². The Balaban J connectivity index is 1.71. The normalized spacial score (nSPS) is 12.3. The number of benzene rings is 2. The first kappa shape index (κ1) is 15.2. The highest BCUT2D eigenvalue weighted by Crippen LogP contribution is 2.20. The number of carbonyl (C=O) groups excluding carboxylic acids is 1. The van der Waals surface area contributed by atoms with E-state index in [9.17, 15) is 13.6 Å². The molecule has 0 saturated carbocycles. The fourth-order valence-electron chi connectivity index (χ4n) is 2.67. The molecule has 0 aliphatic heterocycles. The molecular weight excluding hydrogens is 298 g/mol. The van der Waals surface area contributed by atoms with Crippen LogP contribution in [-0.4, -0.2) is 10.9 Å². The van der Waals surface area contributed by atoms with E-state index in [1.54, 1.807) is 13.1 Å². The summed E-state index contributed by atoms with van der Waals surface area (Å²) in [6.07, 6.45) is 1.99. The van der Waals surface area contributed by atoms with Crippen LogP contribution in [0.5, 0.6) is 0 Å². The van der Waals surface area contributed by atoms with Gasteiger partial charge in [0.25, 0.3) is 0 Å². The van der Waals surface area contributed by atoms with E-state index in [4.69, 9.17) is 0 Å². The maximum atomic E-state index is 13.7. The molecule has 0 aliphatic rings. The van der Waals surface area contributed by atoms with E-state index in [-0.39, 0.29) is 17.9 Å². The monoisotopic (exact) mass is 314 g/mol. The van der Waals surface area contributed by atoms with E-state index < -0.39 is 17.7 Å². The quantitative estimate of drug-likeness (QED) is 0.754. The lowest BCUT2D eigenvalue weighted by atomic mass is 10.1. The lowest BCUT2D eigenvalue weighted by Crippen LogP contribution is -2.28. The first-order valence-electron chi connectivity index (χ1n) is 7.34. The Morgan fingerprint density at radius 2 is 2.00 bits per heavy atom. The van der Waals surface area contributed by atoms with Gasteiger partial charge in [-0.15, -0.1) is 0 Å². The highest BCUT2D eigenvalue weighted by atomic mass is 19.1. The van der Waals surface area contributed by atoms with Crippen molar-refractivity contribution >= 4 is 16.8 Å². The van der Waals surface area contributed by atoms with Gasteiger partial charge in [0.15, 0.2) is 0 Å². The molecule has 0 radical (unpaired) electrons. The summed E-state index contributed by atoms with van der Waals surface area (Å²) in [7, 11) is 0. The van der Waals surface area contributed by atoms with Crippen LogP contribution in [0.1, 0.15) is 24.1 Å². The van der Waals surface area contributed by atoms with Crippen LogP contribution in [0.2, 0.25) is 0 Å². The van der Waals surface area contributed by atoms with Gasteiger partial charge in [-0.2, -0.15) is 0 Å². The number of hydrogen-bond acceptors (Lipinski definition) is 1. The van der Waals surface area contributed by atoms with Crippen molar-refractivity contribution in [3.8, 4) is 0 Å². The number of amides is 1. The molecule has 0 bridgehead atoms. The van der Waals surface area contributed by atoms with Crippen LogP contribution in [0.3, 0.4) is 0 Å². The topological polar surface area (TPSA) is 44.9 Å². The van der Waals surface area contributed by atoms with Gasteiger partial charge in [-0.1, -0.05) is 24.3 Å². The Bertz CT molecular complexity index is 857. The fourth-order valence-corrected chi connectivity index (χ4v) is 2.67. The first-order valence-corrected chi connectivity index (χ1v) is 7.34. The third kappa shape index (κ3) is 3.23. The van der Waals surface area contributed by atoms with Crippen molar-refractivity contribution in [1.29, 1.82) is 0 Å². The predicted molar refractivity (Wildman–Crippen MR) is 84.9 cm³/mol. The third-order valence-electron chi connectivity index (χ3n) is 3.83. The summed E-state index contributed by atoms with van der Waals surface area (Å²) in [6.45, 7) is 1.67. The molecule has 1 aromatic heterocycles. The zero-order chi connectivity index (χ0) is 16.4. The van der Waals surface area contributed by atoms with E-state index in [1.807, 2.05) is 24.3 Å². The SMILES string of the molecule is CC(NC(=O)Cc1c[nH]c2ccccc12)c1ccc(F)cc1F. The number of rotatable bonds is 4. The largest absolute Gasteiger partial charge is 0.361 e. The minimum absolute atomic E-state index is 0.192. The van der Waals surface area contributed by atoms with Crippen LogP contribution in [0.25, 0.3) is 10.9 Å². The van der Waals surface area contributed by atoms with Crippen LogP contribution in [0.15, 0.2) is 48.7 Å². The summed E-state index contributed by atoms with van der Waals surface area (Å²) in [4.78, 5) is 15.3. The van der Waals surface area contributed by atoms with Gasteiger partial charge in [0, 0.05) is 28.7 Å². The maximum Gasteiger partial charge on any atom is 0.224 e. The molecule has 1 heterocycles. The number of halogens is 2. The number of nitrogens with one attached hydrogen (secondary N) is 2. The molecule has 0 saturated heterocycles. The number of aromatic nitrogens is 1. The molecule has 0 fully saturated rings. The molecule has 118 valence electrons. The molecule has 3 nitrogen and oxygen atoms in total. The molecule has 0 spiro atoms. The molecule has 2 aromatic carbocycles. The minimum Gasteiger partial charge on any atom is -0.361 e. The Morgan fingerprint density at radius 3 is 2.78 bits per heavy atom. The average Bonchev–Trinajstić information content (AvgIpc) is 2.90. The second kappa shape index (κ2) is 6.20. The van der Waals surface area contributed by atoms with Crippen LogP contribution >= 0.6 is 0 Å². The van der Waals surface area contributed by atoms with E-state index in [0.29, 0.717) is 0 Å². The second-order valence-corrected chi connectivity index (χ2v) is 5.49. The molecule has 1 atom stereocenters. The summed E-state index contributed by atoms with van der Waals surface area (Å²) < 4.78 is 26.7. The highest BCUT2D eigenvalue weighted by Gasteiger charge is 2.15. The Labute approximate surface area is 132 Å². The third-order valence-corrected chi connectivity index (χ3v) is 3.83. The zero-order valence-corrected chi connectivity index (χ0v) is 12.6. The number of fused-ring (bicyclic) bond motifs is 1. The van der Waals surface area contributed by atoms with Gasteiger partial charge >= 0.3 is 0 Å². The van der Waals surface area contributed by atoms with Crippen LogP contribution in [0.4, 0.5) is 8.78 Å². The van der Waals surface area contributed by atoms with Crippen LogP contribution in [-0.2, 0) is 11.2 Å². The van der Waals surface area contributed by atoms with Gasteiger partial charge in [0.05, 0.1) is 12.5 Å². The van der Waals surface area contributed by atoms with Crippen LogP contribution < -0.4 is 5.32 Å². The lowest BCUT2D eigenvalue weighted by molar-refractivity contribution is -0.121. The second-order valence-electron chi connectivity index (χ2n) is 5.49. The number of carbonyl (C=O) groups is 1. The summed E-state index contributed by atoms with van der Waals surface area (Å²) in [5.74, 6) is -1.51. The van der Waals surface area contributed by atoms with Crippen molar-refractivity contribution in [3.05, 3.63) is 71.4 Å². The summed E-state index contributed by atoms with van der Waals surface area (Å²) in [6, 6.07) is 10.5. The highest BCUT2D eigenvalue weighted by molar-refractivity contribution is 5.88. The van der Waals surface area contributed by atoms with Crippen molar-refractivity contribution in [3.63, 3.8) is 0 Å². The summed E-state index contributed by atoms with van der Waals surface area (Å²) >= 11 is 0. The van der Waals surface area contributed by atoms with Gasteiger partial charge in [-0.3, -0.25) is 4.79 Å². The molecule has 3 aromatic rings. The van der Waals surface area contributed by atoms with Crippen LogP contribution in [0, 0.1) is 11.6 Å². The molecule has 1 unspecified atom stereocenters. The maximum absolute atomic E-state index is 13.7. The van der Waals surface area contributed by atoms with Crippen molar-refractivity contribution < 1.29 is 13.6 Å². The average molecular weight is 314 g/mol. The molecule has 0 aliphatic carbocycles. The Morgan fingerprint density at radius 1 is 1.22 bits per heavy atom. The first-order chi connectivity index (χ1) is 11.0. The smallest absolute Gasteiger partial charge is 0.224 e. The molecule has 5 heteroatoms. The number of H-pyrrole nitrogens is 1.